The third kappa shape index (κ3) is 10.3. The normalized spacial score (nSPS) is 11.9. The molecule has 0 bridgehead atoms. The lowest BCUT2D eigenvalue weighted by Crippen LogP contribution is -2.41. The molecule has 0 aliphatic heterocycles. The zero-order valence-electron chi connectivity index (χ0n) is 12.1. The highest BCUT2D eigenvalue weighted by Crippen LogP contribution is 2.13. The maximum Gasteiger partial charge on any atom is 0.233 e. The largest absolute Gasteiger partial charge is 0.355 e. The molecule has 0 saturated carbocycles. The van der Waals surface area contributed by atoms with Gasteiger partial charge < -0.3 is 15.5 Å². The van der Waals surface area contributed by atoms with Gasteiger partial charge in [0, 0.05) is 19.6 Å². The van der Waals surface area contributed by atoms with Crippen molar-refractivity contribution in [2.45, 2.75) is 33.6 Å². The first-order valence-corrected chi connectivity index (χ1v) is 6.49. The molecule has 0 aromatic rings. The molecule has 0 aromatic carbocycles. The van der Waals surface area contributed by atoms with E-state index in [0.29, 0.717) is 6.54 Å². The second-order valence-electron chi connectivity index (χ2n) is 5.71. The fourth-order valence-electron chi connectivity index (χ4n) is 1.89. The fraction of sp³-hybridized carbons (Fsp3) is 0.923. The number of nitrogens with zero attached hydrogens (tertiary/aromatic N) is 1. The smallest absolute Gasteiger partial charge is 0.233 e. The van der Waals surface area contributed by atoms with Gasteiger partial charge in [-0.15, -0.1) is 0 Å². The van der Waals surface area contributed by atoms with Crippen LogP contribution in [0.1, 0.15) is 33.6 Å². The summed E-state index contributed by atoms with van der Waals surface area (Å²) in [5.41, 5.74) is 0.188. The third-order valence-corrected chi connectivity index (χ3v) is 2.49. The summed E-state index contributed by atoms with van der Waals surface area (Å²) in [5.74, 6) is 0.0964. The van der Waals surface area contributed by atoms with Crippen LogP contribution in [0.5, 0.6) is 0 Å². The summed E-state index contributed by atoms with van der Waals surface area (Å²) in [4.78, 5) is 13.6. The first kappa shape index (κ1) is 16.4. The second kappa shape index (κ2) is 8.48. The fourth-order valence-corrected chi connectivity index (χ4v) is 1.89. The van der Waals surface area contributed by atoms with E-state index in [-0.39, 0.29) is 11.3 Å². The molecule has 0 aliphatic rings. The Balaban J connectivity index is 3.64. The number of unbranched alkanes of at least 4 members (excludes halogenated alkanes) is 1. The Bertz CT molecular complexity index is 215. The van der Waals surface area contributed by atoms with Crippen molar-refractivity contribution in [3.8, 4) is 0 Å². The average molecular weight is 243 g/mol. The van der Waals surface area contributed by atoms with Gasteiger partial charge in [-0.2, -0.15) is 0 Å². The van der Waals surface area contributed by atoms with Crippen molar-refractivity contribution in [1.29, 1.82) is 0 Å². The predicted molar refractivity (Wildman–Crippen MR) is 73.1 cm³/mol. The average Bonchev–Trinajstić information content (AvgIpc) is 2.15. The Kier molecular flexibility index (Phi) is 8.17. The van der Waals surface area contributed by atoms with Crippen LogP contribution in [0.2, 0.25) is 0 Å². The zero-order chi connectivity index (χ0) is 13.3. The molecule has 0 unspecified atom stereocenters. The molecule has 0 atom stereocenters. The summed E-state index contributed by atoms with van der Waals surface area (Å²) in [5, 5.41) is 6.12. The third-order valence-electron chi connectivity index (χ3n) is 2.49. The van der Waals surface area contributed by atoms with E-state index in [1.54, 1.807) is 0 Å². The summed E-state index contributed by atoms with van der Waals surface area (Å²) in [6.45, 7) is 9.60. The van der Waals surface area contributed by atoms with Crippen molar-refractivity contribution in [3.63, 3.8) is 0 Å². The Morgan fingerprint density at radius 2 is 1.94 bits per heavy atom. The zero-order valence-corrected chi connectivity index (χ0v) is 12.1. The quantitative estimate of drug-likeness (QED) is 0.596. The number of carbonyl (C=O) groups is 1. The van der Waals surface area contributed by atoms with Crippen LogP contribution >= 0.6 is 0 Å². The van der Waals surface area contributed by atoms with Gasteiger partial charge in [-0.1, -0.05) is 27.2 Å². The number of nitrogens with one attached hydrogen (secondary N) is 2. The monoisotopic (exact) mass is 243 g/mol. The molecule has 0 saturated heterocycles. The molecule has 0 radical (unpaired) electrons. The van der Waals surface area contributed by atoms with Gasteiger partial charge in [-0.3, -0.25) is 4.79 Å². The highest BCUT2D eigenvalue weighted by molar-refractivity contribution is 5.77. The van der Waals surface area contributed by atoms with Crippen molar-refractivity contribution < 1.29 is 4.79 Å². The van der Waals surface area contributed by atoms with E-state index < -0.39 is 0 Å². The van der Waals surface area contributed by atoms with Crippen molar-refractivity contribution in [3.05, 3.63) is 0 Å². The lowest BCUT2D eigenvalue weighted by Gasteiger charge is -2.28. The maximum atomic E-state index is 11.4. The molecule has 4 heteroatoms. The Morgan fingerprint density at radius 3 is 2.47 bits per heavy atom. The van der Waals surface area contributed by atoms with Gasteiger partial charge in [-0.25, -0.2) is 0 Å². The second-order valence-corrected chi connectivity index (χ2v) is 5.71. The van der Waals surface area contributed by atoms with E-state index in [9.17, 15) is 4.79 Å². The molecule has 0 aliphatic carbocycles. The molecule has 1 amide bonds. The Hall–Kier alpha value is -0.610. The lowest BCUT2D eigenvalue weighted by atomic mass is 9.93. The minimum Gasteiger partial charge on any atom is -0.355 e. The van der Waals surface area contributed by atoms with Crippen LogP contribution in [-0.4, -0.2) is 51.1 Å². The summed E-state index contributed by atoms with van der Waals surface area (Å²) in [6.07, 6.45) is 2.17. The predicted octanol–water partition coefficient (Wildman–Crippen LogP) is 1.08. The first-order chi connectivity index (χ1) is 7.87. The van der Waals surface area contributed by atoms with E-state index in [0.717, 1.165) is 32.5 Å². The van der Waals surface area contributed by atoms with E-state index >= 15 is 0 Å². The van der Waals surface area contributed by atoms with Crippen molar-refractivity contribution in [2.24, 2.45) is 5.41 Å². The number of rotatable bonds is 9. The summed E-state index contributed by atoms with van der Waals surface area (Å²) >= 11 is 0. The van der Waals surface area contributed by atoms with Crippen LogP contribution in [0.15, 0.2) is 0 Å². The molecular weight excluding hydrogens is 214 g/mol. The van der Waals surface area contributed by atoms with Crippen LogP contribution in [0.3, 0.4) is 0 Å². The van der Waals surface area contributed by atoms with E-state index in [1.165, 1.54) is 0 Å². The SMILES string of the molecule is CCCCNC(=O)CNCC(C)(C)CN(C)C. The summed E-state index contributed by atoms with van der Waals surface area (Å²) < 4.78 is 0. The van der Waals surface area contributed by atoms with E-state index in [4.69, 9.17) is 0 Å². The molecule has 0 rings (SSSR count). The van der Waals surface area contributed by atoms with Gasteiger partial charge in [0.15, 0.2) is 0 Å². The highest BCUT2D eigenvalue weighted by Gasteiger charge is 2.18. The van der Waals surface area contributed by atoms with Gasteiger partial charge >= 0.3 is 0 Å². The van der Waals surface area contributed by atoms with Crippen LogP contribution in [0.4, 0.5) is 0 Å². The van der Waals surface area contributed by atoms with E-state index in [1.807, 2.05) is 0 Å². The standard InChI is InChI=1S/C13H29N3O/c1-6-7-8-15-12(17)9-14-10-13(2,3)11-16(4)5/h14H,6-11H2,1-5H3,(H,15,17). The molecule has 0 heterocycles. The molecule has 17 heavy (non-hydrogen) atoms. The van der Waals surface area contributed by atoms with Gasteiger partial charge in [0.25, 0.3) is 0 Å². The van der Waals surface area contributed by atoms with Crippen LogP contribution < -0.4 is 10.6 Å². The van der Waals surface area contributed by atoms with Gasteiger partial charge in [0.2, 0.25) is 5.91 Å². The maximum absolute atomic E-state index is 11.4. The van der Waals surface area contributed by atoms with Crippen molar-refractivity contribution in [2.75, 3.05) is 40.3 Å². The molecule has 2 N–H and O–H groups in total. The minimum atomic E-state index is 0.0964. The van der Waals surface area contributed by atoms with Gasteiger partial charge in [-0.05, 0) is 25.9 Å². The molecule has 4 nitrogen and oxygen atoms in total. The summed E-state index contributed by atoms with van der Waals surface area (Å²) in [6, 6.07) is 0. The number of hydrogen-bond donors (Lipinski definition) is 2. The molecule has 0 fully saturated rings. The topological polar surface area (TPSA) is 44.4 Å². The highest BCUT2D eigenvalue weighted by atomic mass is 16.1. The van der Waals surface area contributed by atoms with E-state index in [2.05, 4.69) is 50.4 Å². The first-order valence-electron chi connectivity index (χ1n) is 6.49. The van der Waals surface area contributed by atoms with Gasteiger partial charge in [0.1, 0.15) is 0 Å². The van der Waals surface area contributed by atoms with Crippen molar-refractivity contribution in [1.82, 2.24) is 15.5 Å². The Labute approximate surface area is 106 Å². The van der Waals surface area contributed by atoms with Crippen LogP contribution in [0.25, 0.3) is 0 Å². The number of amides is 1. The molecule has 0 aromatic heterocycles. The minimum absolute atomic E-state index is 0.0964. The summed E-state index contributed by atoms with van der Waals surface area (Å²) in [7, 11) is 4.14. The molecular formula is C13H29N3O. The molecule has 102 valence electrons. The lowest BCUT2D eigenvalue weighted by molar-refractivity contribution is -0.120. The number of hydrogen-bond acceptors (Lipinski definition) is 3. The van der Waals surface area contributed by atoms with Crippen LogP contribution in [0, 0.1) is 5.41 Å². The Morgan fingerprint density at radius 1 is 1.29 bits per heavy atom. The number of carbonyl (C=O) groups excluding carboxylic acids is 1. The van der Waals surface area contributed by atoms with Crippen molar-refractivity contribution >= 4 is 5.91 Å². The van der Waals surface area contributed by atoms with Crippen LogP contribution in [-0.2, 0) is 4.79 Å². The van der Waals surface area contributed by atoms with Gasteiger partial charge in [0.05, 0.1) is 6.54 Å². The molecule has 0 spiro atoms.